The van der Waals surface area contributed by atoms with Crippen molar-refractivity contribution in [1.82, 2.24) is 5.32 Å². The molecule has 1 unspecified atom stereocenters. The summed E-state index contributed by atoms with van der Waals surface area (Å²) in [6.45, 7) is 1.16. The molecule has 0 radical (unpaired) electrons. The summed E-state index contributed by atoms with van der Waals surface area (Å²) >= 11 is 5.63. The summed E-state index contributed by atoms with van der Waals surface area (Å²) in [5.41, 5.74) is 0.673. The fourth-order valence-electron chi connectivity index (χ4n) is 2.66. The first-order valence-electron chi connectivity index (χ1n) is 8.33. The molecule has 0 bridgehead atoms. The van der Waals surface area contributed by atoms with E-state index >= 15 is 0 Å². The molecule has 1 aliphatic rings. The van der Waals surface area contributed by atoms with E-state index in [2.05, 4.69) is 10.0 Å². The number of halogens is 2. The van der Waals surface area contributed by atoms with Gasteiger partial charge >= 0.3 is 0 Å². The standard InChI is InChI=1S/C18H18ClFN2O4S/c19-16-10-15(7-8-17(16)20)27(24,25)22-13-5-3-12(4-6-13)18(23)21-11-14-2-1-9-26-14/h3-8,10,14,22H,1-2,9,11H2,(H,21,23). The van der Waals surface area contributed by atoms with Crippen LogP contribution in [0.15, 0.2) is 47.4 Å². The van der Waals surface area contributed by atoms with Crippen molar-refractivity contribution in [3.05, 3.63) is 58.9 Å². The first-order chi connectivity index (χ1) is 12.8. The summed E-state index contributed by atoms with van der Waals surface area (Å²) in [4.78, 5) is 12.0. The Kier molecular flexibility index (Phi) is 5.98. The zero-order valence-corrected chi connectivity index (χ0v) is 15.8. The van der Waals surface area contributed by atoms with Crippen LogP contribution >= 0.6 is 11.6 Å². The van der Waals surface area contributed by atoms with Gasteiger partial charge in [0.2, 0.25) is 0 Å². The van der Waals surface area contributed by atoms with E-state index in [0.29, 0.717) is 18.7 Å². The Hall–Kier alpha value is -2.16. The maximum Gasteiger partial charge on any atom is 0.261 e. The van der Waals surface area contributed by atoms with E-state index in [-0.39, 0.29) is 27.6 Å². The molecule has 2 N–H and O–H groups in total. The number of rotatable bonds is 6. The first kappa shape index (κ1) is 19.6. The SMILES string of the molecule is O=C(NCC1CCCO1)c1ccc(NS(=O)(=O)c2ccc(F)c(Cl)c2)cc1. The Labute approximate surface area is 161 Å². The van der Waals surface area contributed by atoms with E-state index in [9.17, 15) is 17.6 Å². The van der Waals surface area contributed by atoms with Crippen LogP contribution in [-0.2, 0) is 14.8 Å². The Morgan fingerprint density at radius 1 is 1.22 bits per heavy atom. The minimum Gasteiger partial charge on any atom is -0.376 e. The highest BCUT2D eigenvalue weighted by molar-refractivity contribution is 7.92. The Morgan fingerprint density at radius 3 is 2.59 bits per heavy atom. The fourth-order valence-corrected chi connectivity index (χ4v) is 3.99. The molecule has 144 valence electrons. The maximum atomic E-state index is 13.2. The van der Waals surface area contributed by atoms with Crippen LogP contribution in [0.3, 0.4) is 0 Å². The Balaban J connectivity index is 1.64. The van der Waals surface area contributed by atoms with Crippen molar-refractivity contribution in [3.63, 3.8) is 0 Å². The maximum absolute atomic E-state index is 13.2. The van der Waals surface area contributed by atoms with E-state index in [4.69, 9.17) is 16.3 Å². The fraction of sp³-hybridized carbons (Fsp3) is 0.278. The molecule has 0 aromatic heterocycles. The molecule has 27 heavy (non-hydrogen) atoms. The Morgan fingerprint density at radius 2 is 1.96 bits per heavy atom. The summed E-state index contributed by atoms with van der Waals surface area (Å²) in [6.07, 6.45) is 1.96. The zero-order chi connectivity index (χ0) is 19.4. The van der Waals surface area contributed by atoms with Gasteiger partial charge in [0, 0.05) is 24.4 Å². The van der Waals surface area contributed by atoms with Gasteiger partial charge in [0.25, 0.3) is 15.9 Å². The minimum absolute atomic E-state index is 0.0440. The van der Waals surface area contributed by atoms with Crippen molar-refractivity contribution in [2.75, 3.05) is 17.9 Å². The topological polar surface area (TPSA) is 84.5 Å². The van der Waals surface area contributed by atoms with Gasteiger partial charge in [-0.3, -0.25) is 9.52 Å². The van der Waals surface area contributed by atoms with Crippen molar-refractivity contribution in [2.24, 2.45) is 0 Å². The van der Waals surface area contributed by atoms with Gasteiger partial charge in [0.05, 0.1) is 16.0 Å². The highest BCUT2D eigenvalue weighted by atomic mass is 35.5. The molecular weight excluding hydrogens is 395 g/mol. The second-order valence-electron chi connectivity index (χ2n) is 6.10. The molecule has 1 amide bonds. The van der Waals surface area contributed by atoms with Gasteiger partial charge in [0.1, 0.15) is 5.82 Å². The van der Waals surface area contributed by atoms with E-state index in [1.807, 2.05) is 0 Å². The molecular formula is C18H18ClFN2O4S. The number of carbonyl (C=O) groups is 1. The van der Waals surface area contributed by atoms with Crippen LogP contribution in [-0.4, -0.2) is 33.6 Å². The molecule has 1 heterocycles. The highest BCUT2D eigenvalue weighted by Gasteiger charge is 2.18. The molecule has 1 aliphatic heterocycles. The molecule has 0 saturated carbocycles. The number of benzene rings is 2. The van der Waals surface area contributed by atoms with Crippen LogP contribution in [0.25, 0.3) is 0 Å². The molecule has 0 spiro atoms. The van der Waals surface area contributed by atoms with Gasteiger partial charge in [-0.2, -0.15) is 0 Å². The number of hydrogen-bond acceptors (Lipinski definition) is 4. The molecule has 2 aromatic rings. The van der Waals surface area contributed by atoms with Gasteiger partial charge in [-0.1, -0.05) is 11.6 Å². The van der Waals surface area contributed by atoms with Crippen LogP contribution in [0.4, 0.5) is 10.1 Å². The van der Waals surface area contributed by atoms with Gasteiger partial charge < -0.3 is 10.1 Å². The average molecular weight is 413 g/mol. The molecule has 1 atom stereocenters. The normalized spacial score (nSPS) is 16.9. The number of hydrogen-bond donors (Lipinski definition) is 2. The second-order valence-corrected chi connectivity index (χ2v) is 8.19. The summed E-state index contributed by atoms with van der Waals surface area (Å²) in [6, 6.07) is 9.12. The lowest BCUT2D eigenvalue weighted by Gasteiger charge is -2.12. The molecule has 1 saturated heterocycles. The molecule has 2 aromatic carbocycles. The molecule has 0 aliphatic carbocycles. The average Bonchev–Trinajstić information content (AvgIpc) is 3.16. The van der Waals surface area contributed by atoms with Gasteiger partial charge in [-0.05, 0) is 55.3 Å². The quantitative estimate of drug-likeness (QED) is 0.763. The molecule has 3 rings (SSSR count). The number of ether oxygens (including phenoxy) is 1. The number of nitrogens with one attached hydrogen (secondary N) is 2. The van der Waals surface area contributed by atoms with Crippen molar-refractivity contribution in [2.45, 2.75) is 23.8 Å². The summed E-state index contributed by atoms with van der Waals surface area (Å²) in [7, 11) is -3.93. The molecule has 9 heteroatoms. The van der Waals surface area contributed by atoms with Gasteiger partial charge in [-0.25, -0.2) is 12.8 Å². The lowest BCUT2D eigenvalue weighted by molar-refractivity contribution is 0.0858. The minimum atomic E-state index is -3.93. The predicted octanol–water partition coefficient (Wildman–Crippen LogP) is 3.19. The van der Waals surface area contributed by atoms with Crippen molar-refractivity contribution in [3.8, 4) is 0 Å². The number of anilines is 1. The number of carbonyl (C=O) groups excluding carboxylic acids is 1. The van der Waals surface area contributed by atoms with E-state index in [1.54, 1.807) is 0 Å². The first-order valence-corrected chi connectivity index (χ1v) is 10.2. The third-order valence-corrected chi connectivity index (χ3v) is 5.78. The highest BCUT2D eigenvalue weighted by Crippen LogP contribution is 2.22. The van der Waals surface area contributed by atoms with Crippen molar-refractivity contribution >= 4 is 33.2 Å². The van der Waals surface area contributed by atoms with E-state index in [1.165, 1.54) is 24.3 Å². The van der Waals surface area contributed by atoms with Crippen LogP contribution in [0.1, 0.15) is 23.2 Å². The van der Waals surface area contributed by atoms with Gasteiger partial charge in [-0.15, -0.1) is 0 Å². The summed E-state index contributed by atoms with van der Waals surface area (Å²) in [5, 5.41) is 2.51. The summed E-state index contributed by atoms with van der Waals surface area (Å²) in [5.74, 6) is -0.959. The summed E-state index contributed by atoms with van der Waals surface area (Å²) < 4.78 is 45.7. The number of amides is 1. The smallest absolute Gasteiger partial charge is 0.261 e. The second kappa shape index (κ2) is 8.24. The predicted molar refractivity (Wildman–Crippen MR) is 100.0 cm³/mol. The largest absolute Gasteiger partial charge is 0.376 e. The molecule has 1 fully saturated rings. The molecule has 6 nitrogen and oxygen atoms in total. The zero-order valence-electron chi connectivity index (χ0n) is 14.2. The van der Waals surface area contributed by atoms with Crippen LogP contribution in [0, 0.1) is 5.82 Å². The van der Waals surface area contributed by atoms with Crippen molar-refractivity contribution < 1.29 is 22.3 Å². The third kappa shape index (κ3) is 4.97. The van der Waals surface area contributed by atoms with Gasteiger partial charge in [0.15, 0.2) is 0 Å². The Bertz CT molecular complexity index is 929. The van der Waals surface area contributed by atoms with E-state index in [0.717, 1.165) is 31.0 Å². The van der Waals surface area contributed by atoms with Crippen LogP contribution in [0.2, 0.25) is 5.02 Å². The van der Waals surface area contributed by atoms with E-state index < -0.39 is 15.8 Å². The number of sulfonamides is 1. The van der Waals surface area contributed by atoms with Crippen molar-refractivity contribution in [1.29, 1.82) is 0 Å². The van der Waals surface area contributed by atoms with Crippen LogP contribution in [0.5, 0.6) is 0 Å². The monoisotopic (exact) mass is 412 g/mol. The lowest BCUT2D eigenvalue weighted by atomic mass is 10.2. The third-order valence-electron chi connectivity index (χ3n) is 4.11. The lowest BCUT2D eigenvalue weighted by Crippen LogP contribution is -2.31. The van der Waals surface area contributed by atoms with Crippen LogP contribution < -0.4 is 10.0 Å².